The van der Waals surface area contributed by atoms with Gasteiger partial charge in [0.2, 0.25) is 53.2 Å². The molecule has 816 valence electrons. The summed E-state index contributed by atoms with van der Waals surface area (Å²) >= 11 is 6.44. The Kier molecular flexibility index (Phi) is 45.9. The molecule has 16 N–H and O–H groups in total. The summed E-state index contributed by atoms with van der Waals surface area (Å²) in [6.45, 7) is 30.8. The molecule has 3 fully saturated rings. The first-order chi connectivity index (χ1) is 70.1. The maximum Gasteiger partial charge on any atom is 0.410 e. The second kappa shape index (κ2) is 56.7. The highest BCUT2D eigenvalue weighted by Gasteiger charge is 2.45. The van der Waals surface area contributed by atoms with E-state index in [1.165, 1.54) is 33.4 Å². The topological polar surface area (TPSA) is 507 Å². The van der Waals surface area contributed by atoms with Crippen molar-refractivity contribution < 1.29 is 91.1 Å². The number of aromatic nitrogens is 3. The normalized spacial score (nSPS) is 17.1. The molecule has 12 atom stereocenters. The van der Waals surface area contributed by atoms with E-state index in [-0.39, 0.29) is 133 Å². The summed E-state index contributed by atoms with van der Waals surface area (Å²) in [4.78, 5) is 192. The molecule has 0 bridgehead atoms. The number of fused-ring (bicyclic) bond motifs is 1. The van der Waals surface area contributed by atoms with Crippen molar-refractivity contribution in [2.45, 2.75) is 259 Å². The molecular weight excluding hydrogens is 1920 g/mol. The maximum absolute atomic E-state index is 15.1. The number of carbonyl (C=O) groups is 12. The molecule has 39 nitrogen and oxygen atoms in total. The summed E-state index contributed by atoms with van der Waals surface area (Å²) < 4.78 is 39.4. The number of carboxylic acids is 1. The zero-order chi connectivity index (χ0) is 109. The summed E-state index contributed by atoms with van der Waals surface area (Å²) in [5.41, 5.74) is 16.8. The van der Waals surface area contributed by atoms with E-state index in [2.05, 4.69) is 57.7 Å². The monoisotopic (exact) mass is 2080 g/mol. The number of piperidine rings is 1. The number of likely N-dealkylation sites (N-methyl/N-ethyl adjacent to an activating group) is 2. The Balaban J connectivity index is 0.736. The van der Waals surface area contributed by atoms with Crippen molar-refractivity contribution in [2.24, 2.45) is 41.1 Å². The number of nitrogens with two attached hydrogens (primary N) is 2. The number of primary amides is 1. The number of aryl methyl sites for hydroxylation is 1. The largest absolute Gasteiger partial charge is 0.480 e. The van der Waals surface area contributed by atoms with Crippen LogP contribution >= 0.6 is 11.6 Å². The molecule has 6 aromatic rings. The fourth-order valence-electron chi connectivity index (χ4n) is 19.4. The van der Waals surface area contributed by atoms with Crippen LogP contribution in [0.5, 0.6) is 0 Å². The Morgan fingerprint density at radius 3 is 1.94 bits per heavy atom. The zero-order valence-electron chi connectivity index (χ0n) is 89.6. The van der Waals surface area contributed by atoms with E-state index < -0.39 is 143 Å². The second-order valence-corrected chi connectivity index (χ2v) is 42.4. The molecule has 0 spiro atoms. The van der Waals surface area contributed by atoms with Crippen molar-refractivity contribution >= 4 is 111 Å². The van der Waals surface area contributed by atoms with Crippen LogP contribution in [0.25, 0.3) is 33.5 Å². The lowest BCUT2D eigenvalue weighted by molar-refractivity contribution is -0.148. The zero-order valence-corrected chi connectivity index (χ0v) is 90.4. The van der Waals surface area contributed by atoms with E-state index >= 15 is 4.39 Å². The molecule has 0 saturated carbocycles. The van der Waals surface area contributed by atoms with Gasteiger partial charge in [-0.2, -0.15) is 0 Å². The number of hydrogen-bond donors (Lipinski definition) is 14. The van der Waals surface area contributed by atoms with Crippen LogP contribution < -0.4 is 64.2 Å². The number of carbonyl (C=O) groups excluding carboxylic acids is 11. The summed E-state index contributed by atoms with van der Waals surface area (Å²) in [7, 11) is 6.05. The lowest BCUT2D eigenvalue weighted by atomic mass is 9.89. The van der Waals surface area contributed by atoms with Gasteiger partial charge in [-0.25, -0.2) is 23.9 Å². The van der Waals surface area contributed by atoms with Crippen LogP contribution in [0.3, 0.4) is 0 Å². The number of pyridine rings is 1. The van der Waals surface area contributed by atoms with Gasteiger partial charge in [0.15, 0.2) is 0 Å². The van der Waals surface area contributed by atoms with Crippen LogP contribution in [0, 0.1) is 42.3 Å². The van der Waals surface area contributed by atoms with Gasteiger partial charge in [-0.05, 0) is 181 Å². The first-order valence-electron chi connectivity index (χ1n) is 51.8. The van der Waals surface area contributed by atoms with Crippen molar-refractivity contribution in [1.29, 1.82) is 0 Å². The molecule has 4 aromatic carbocycles. The standard InChI is InChI=1S/C107H161ClFN21O18/c1-20-68(9)93(83(145-18)58-87(134)130-44-25-29-82(130)96(146-19)69(10)99(138)116-70(11)95(137)72-26-22-21-23-27-72)124(16)103(142)91(65(4)5)122-102(141)92(66(6)7)125(17)105(144)147-63-71-30-33-77(34-31-71)117-100(139)80(28-24-41-114-104(111)143)120-101(140)90(64(2)3)121-85(132)60-126-47-48-127(50-52-128(51-49-126)62-88(135)136)61-86(133)123-106(12,13)40-53-148-107(14,15)39-36-84(131)112-42-43-113-97-89(98-118-79-35-32-74(108)57-81(79)119-98)94(129-45-37-76(110)38-46-129)78(59-115-97)73-54-67(8)55-75(109)56-73/h21-23,26-27,30-35,54-57,59,64-66,68-70,76,80,82-83,90-93,95-96,137H,20,24-25,28-29,36-53,58,60-63,110H2,1-19H3,(H,112,131)(H,113,115)(H,116,138)(H,117,139)(H,118,119)(H,120,140)(H,121,132)(H,122,141)(H,123,133)(H,135,136)(H3,111,114,143)/t68-,69+,70+,80-,82-,83+,90-,91-,92-,93-,95+,96+/m0/s1. The van der Waals surface area contributed by atoms with Crippen molar-refractivity contribution in [3.05, 3.63) is 125 Å². The predicted octanol–water partition coefficient (Wildman–Crippen LogP) is 9.32. The van der Waals surface area contributed by atoms with Gasteiger partial charge < -0.3 is 108 Å². The molecule has 3 aliphatic rings. The van der Waals surface area contributed by atoms with Gasteiger partial charge in [0.25, 0.3) is 0 Å². The van der Waals surface area contributed by atoms with Gasteiger partial charge in [0.1, 0.15) is 48.2 Å². The Morgan fingerprint density at radius 1 is 0.682 bits per heavy atom. The van der Waals surface area contributed by atoms with Gasteiger partial charge in [-0.15, -0.1) is 0 Å². The summed E-state index contributed by atoms with van der Waals surface area (Å²) in [6.07, 6.45) is 2.80. The molecular formula is C107H161ClFN21O18. The number of aliphatic carboxylic acids is 1. The van der Waals surface area contributed by atoms with Gasteiger partial charge >= 0.3 is 18.1 Å². The van der Waals surface area contributed by atoms with Crippen molar-refractivity contribution in [2.75, 3.05) is 149 Å². The number of urea groups is 1. The smallest absolute Gasteiger partial charge is 0.410 e. The molecule has 0 unspecified atom stereocenters. The highest BCUT2D eigenvalue weighted by atomic mass is 35.5. The number of halogens is 2. The Hall–Kier alpha value is -11.8. The van der Waals surface area contributed by atoms with Crippen molar-refractivity contribution in [1.82, 2.24) is 81.6 Å². The number of nitrogens with zero attached hydrogens (tertiary/aromatic N) is 9. The fourth-order valence-corrected chi connectivity index (χ4v) is 19.6. The molecule has 0 radical (unpaired) electrons. The van der Waals surface area contributed by atoms with Crippen molar-refractivity contribution in [3.8, 4) is 22.5 Å². The lowest BCUT2D eigenvalue weighted by Crippen LogP contribution is -2.60. The number of imidazole rings is 1. The molecule has 3 aliphatic heterocycles. The number of ether oxygens (including phenoxy) is 4. The number of benzene rings is 4. The molecule has 3 saturated heterocycles. The molecule has 0 aliphatic carbocycles. The third kappa shape index (κ3) is 35.5. The fraction of sp³-hybridized carbons (Fsp3) is 0.607. The summed E-state index contributed by atoms with van der Waals surface area (Å²) in [6, 6.07) is 18.6. The summed E-state index contributed by atoms with van der Waals surface area (Å²) in [5, 5.41) is 48.0. The SMILES string of the molecule is CC[C@H](C)[C@@H]([C@@H](CC(=O)N1CCC[C@H]1[C@H](OC)[C@@H](C)C(=O)N[C@H](C)[C@@H](O)c1ccccc1)OC)N(C)C(=O)[C@@H](NC(=O)[C@H](C(C)C)N(C)C(=O)OCc1ccc(NC(=O)[C@H](CCCNC(N)=O)NC(=O)[C@@H](NC(=O)CN2CCN(CC(=O)O)CCN(CC(=O)NC(C)(C)CCOC(C)(C)CCC(=O)NCCNc3ncc(-c4cc(C)cc(F)c4)c(N4CCC(N)CC4)c3-c3nc4ccc(Cl)cc4[nH]3)CC2)C(C)C)cc1)C(C)C. The van der Waals surface area contributed by atoms with Gasteiger partial charge in [0, 0.05) is 154 Å². The number of hydrogen-bond acceptors (Lipinski definition) is 25. The third-order valence-electron chi connectivity index (χ3n) is 28.2. The number of aromatic amines is 1. The van der Waals surface area contributed by atoms with E-state index in [9.17, 15) is 67.7 Å². The van der Waals surface area contributed by atoms with Crippen LogP contribution in [-0.4, -0.2) is 331 Å². The van der Waals surface area contributed by atoms with Crippen LogP contribution in [0.15, 0.2) is 97.2 Å². The Bertz CT molecular complexity index is 5400. The lowest BCUT2D eigenvalue weighted by Gasteiger charge is -2.41. The number of likely N-dealkylation sites (tertiary alicyclic amines) is 1. The van der Waals surface area contributed by atoms with Crippen LogP contribution in [0.1, 0.15) is 190 Å². The minimum absolute atomic E-state index is 0.0115. The minimum Gasteiger partial charge on any atom is -0.480 e. The van der Waals surface area contributed by atoms with E-state index in [1.54, 1.807) is 132 Å². The van der Waals surface area contributed by atoms with E-state index in [0.29, 0.717) is 128 Å². The number of amides is 12. The predicted molar refractivity (Wildman–Crippen MR) is 568 cm³/mol. The molecule has 41 heteroatoms. The first-order valence-corrected chi connectivity index (χ1v) is 52.2. The van der Waals surface area contributed by atoms with E-state index in [0.717, 1.165) is 40.1 Å². The maximum atomic E-state index is 15.1. The average Bonchev–Trinajstić information content (AvgIpc) is 1.51. The third-order valence-corrected chi connectivity index (χ3v) is 28.4. The molecule has 5 heterocycles. The number of anilines is 3. The average molecular weight is 2080 g/mol. The molecule has 148 heavy (non-hydrogen) atoms. The van der Waals surface area contributed by atoms with E-state index in [1.807, 2.05) is 88.6 Å². The number of rotatable bonds is 53. The van der Waals surface area contributed by atoms with Gasteiger partial charge in [-0.1, -0.05) is 129 Å². The Morgan fingerprint density at radius 2 is 1.33 bits per heavy atom. The van der Waals surface area contributed by atoms with Gasteiger partial charge in [-0.3, -0.25) is 67.5 Å². The number of H-pyrrole nitrogens is 1. The number of carboxylic acid groups (broad SMARTS) is 1. The highest BCUT2D eigenvalue weighted by Crippen LogP contribution is 2.45. The highest BCUT2D eigenvalue weighted by molar-refractivity contribution is 6.31. The van der Waals surface area contributed by atoms with E-state index in [4.69, 9.17) is 52.0 Å². The number of aliphatic hydroxyl groups is 1. The number of aliphatic hydroxyl groups excluding tert-OH is 1. The van der Waals surface area contributed by atoms with Crippen LogP contribution in [0.2, 0.25) is 5.02 Å². The quantitative estimate of drug-likeness (QED) is 0.0158. The van der Waals surface area contributed by atoms with Crippen LogP contribution in [0.4, 0.5) is 31.2 Å². The van der Waals surface area contributed by atoms with Gasteiger partial charge in [0.05, 0.1) is 96.3 Å². The number of nitrogens with one attached hydrogen (secondary N) is 10. The van der Waals surface area contributed by atoms with Crippen molar-refractivity contribution in [3.63, 3.8) is 0 Å². The molecule has 12 amide bonds. The van der Waals surface area contributed by atoms with Crippen LogP contribution in [-0.2, 0) is 73.5 Å². The number of methoxy groups -OCH3 is 2. The first kappa shape index (κ1) is 120. The minimum atomic E-state index is -1.22. The molecule has 2 aromatic heterocycles. The second-order valence-electron chi connectivity index (χ2n) is 41.9. The summed E-state index contributed by atoms with van der Waals surface area (Å²) in [5.74, 6) is -6.74. The molecule has 9 rings (SSSR count). The Labute approximate surface area is 874 Å².